The first-order chi connectivity index (χ1) is 11.0. The zero-order valence-electron chi connectivity index (χ0n) is 13.1. The van der Waals surface area contributed by atoms with Crippen molar-refractivity contribution in [3.63, 3.8) is 0 Å². The lowest BCUT2D eigenvalue weighted by molar-refractivity contribution is -0.131. The van der Waals surface area contributed by atoms with Gasteiger partial charge in [-0.15, -0.1) is 0 Å². The number of carbonyl (C=O) groups is 1. The average molecular weight is 308 g/mol. The molecule has 0 atom stereocenters. The van der Waals surface area contributed by atoms with Crippen LogP contribution in [0.4, 0.5) is 0 Å². The molecule has 0 unspecified atom stereocenters. The third kappa shape index (κ3) is 3.81. The summed E-state index contributed by atoms with van der Waals surface area (Å²) in [4.78, 5) is 10.7. The Kier molecular flexibility index (Phi) is 4.20. The second-order valence-electron chi connectivity index (χ2n) is 6.42. The summed E-state index contributed by atoms with van der Waals surface area (Å²) in [7, 11) is 0. The van der Waals surface area contributed by atoms with Gasteiger partial charge in [0, 0.05) is 6.08 Å². The molecular weight excluding hydrogens is 288 g/mol. The van der Waals surface area contributed by atoms with Gasteiger partial charge in [0.15, 0.2) is 0 Å². The number of carboxylic acid groups (broad SMARTS) is 1. The molecule has 3 nitrogen and oxygen atoms in total. The summed E-state index contributed by atoms with van der Waals surface area (Å²) in [6.07, 6.45) is 5.00. The van der Waals surface area contributed by atoms with Crippen molar-refractivity contribution in [1.82, 2.24) is 0 Å². The Hall–Kier alpha value is -2.55. The Labute approximate surface area is 136 Å². The van der Waals surface area contributed by atoms with Crippen molar-refractivity contribution in [2.75, 3.05) is 0 Å². The van der Waals surface area contributed by atoms with Crippen LogP contribution in [-0.2, 0) is 4.79 Å². The molecule has 0 aromatic heterocycles. The second-order valence-corrected chi connectivity index (χ2v) is 6.42. The van der Waals surface area contributed by atoms with Gasteiger partial charge in [0.1, 0.15) is 11.5 Å². The Morgan fingerprint density at radius 2 is 1.83 bits per heavy atom. The lowest BCUT2D eigenvalue weighted by atomic mass is 9.61. The van der Waals surface area contributed by atoms with Crippen LogP contribution in [0.15, 0.2) is 66.7 Å². The summed E-state index contributed by atoms with van der Waals surface area (Å²) in [6, 6.07) is 17.9. The van der Waals surface area contributed by atoms with Gasteiger partial charge in [0.2, 0.25) is 0 Å². The molecule has 0 heterocycles. The molecule has 1 saturated carbocycles. The van der Waals surface area contributed by atoms with Crippen LogP contribution >= 0.6 is 0 Å². The molecule has 0 bridgehead atoms. The second kappa shape index (κ2) is 6.29. The highest BCUT2D eigenvalue weighted by Crippen LogP contribution is 2.52. The van der Waals surface area contributed by atoms with Gasteiger partial charge in [-0.3, -0.25) is 0 Å². The van der Waals surface area contributed by atoms with Crippen molar-refractivity contribution in [2.24, 2.45) is 5.41 Å². The van der Waals surface area contributed by atoms with E-state index in [1.807, 2.05) is 48.5 Å². The average Bonchev–Trinajstić information content (AvgIpc) is 2.51. The Balaban J connectivity index is 1.66. The van der Waals surface area contributed by atoms with E-state index in [-0.39, 0.29) is 5.41 Å². The number of hydrogen-bond acceptors (Lipinski definition) is 2. The number of aliphatic carboxylic acids is 1. The predicted molar refractivity (Wildman–Crippen MR) is 89.8 cm³/mol. The van der Waals surface area contributed by atoms with Crippen molar-refractivity contribution >= 4 is 5.97 Å². The minimum Gasteiger partial charge on any atom is -0.478 e. The van der Waals surface area contributed by atoms with E-state index in [0.29, 0.717) is 5.92 Å². The van der Waals surface area contributed by atoms with Crippen molar-refractivity contribution in [1.29, 1.82) is 0 Å². The number of benzene rings is 2. The van der Waals surface area contributed by atoms with Gasteiger partial charge in [-0.25, -0.2) is 4.79 Å². The van der Waals surface area contributed by atoms with Gasteiger partial charge < -0.3 is 9.84 Å². The third-order valence-corrected chi connectivity index (χ3v) is 4.36. The minimum atomic E-state index is -0.882. The molecule has 118 valence electrons. The predicted octanol–water partition coefficient (Wildman–Crippen LogP) is 5.00. The smallest absolute Gasteiger partial charge is 0.327 e. The Morgan fingerprint density at radius 3 is 2.52 bits per heavy atom. The molecule has 0 amide bonds. The fourth-order valence-electron chi connectivity index (χ4n) is 3.17. The summed E-state index contributed by atoms with van der Waals surface area (Å²) in [5, 5.41) is 8.75. The first-order valence-electron chi connectivity index (χ1n) is 7.79. The molecule has 0 radical (unpaired) electrons. The van der Waals surface area contributed by atoms with Crippen molar-refractivity contribution in [3.8, 4) is 11.5 Å². The summed E-state index contributed by atoms with van der Waals surface area (Å²) in [5.74, 6) is 1.24. The molecule has 0 spiro atoms. The number of para-hydroxylation sites is 1. The summed E-state index contributed by atoms with van der Waals surface area (Å²) in [6.45, 7) is 2.10. The van der Waals surface area contributed by atoms with E-state index in [1.54, 1.807) is 0 Å². The van der Waals surface area contributed by atoms with Gasteiger partial charge in [-0.1, -0.05) is 43.3 Å². The highest BCUT2D eigenvalue weighted by atomic mass is 16.5. The maximum atomic E-state index is 10.7. The van der Waals surface area contributed by atoms with Gasteiger partial charge in [-0.05, 0) is 54.0 Å². The van der Waals surface area contributed by atoms with Gasteiger partial charge >= 0.3 is 5.97 Å². The number of rotatable bonds is 5. The molecule has 1 N–H and O–H groups in total. The fourth-order valence-corrected chi connectivity index (χ4v) is 3.17. The van der Waals surface area contributed by atoms with Crippen molar-refractivity contribution < 1.29 is 14.6 Å². The highest BCUT2D eigenvalue weighted by molar-refractivity contribution is 5.79. The SMILES string of the molecule is CC1(/C=C/C(=O)O)CC(c2cccc(Oc3ccccc3)c2)C1. The maximum absolute atomic E-state index is 10.7. The first kappa shape index (κ1) is 15.3. The topological polar surface area (TPSA) is 46.5 Å². The number of hydrogen-bond donors (Lipinski definition) is 1. The lowest BCUT2D eigenvalue weighted by Crippen LogP contribution is -2.31. The molecule has 0 saturated heterocycles. The standard InChI is InChI=1S/C20H20O3/c1-20(11-10-19(21)22)13-16(14-20)15-6-5-9-18(12-15)23-17-7-3-2-4-8-17/h2-12,16H,13-14H2,1H3,(H,21,22)/b11-10+. The Morgan fingerprint density at radius 1 is 1.13 bits per heavy atom. The van der Waals surface area contributed by atoms with Gasteiger partial charge in [0.25, 0.3) is 0 Å². The molecule has 2 aromatic rings. The third-order valence-electron chi connectivity index (χ3n) is 4.36. The minimum absolute atomic E-state index is 0.0145. The van der Waals surface area contributed by atoms with E-state index in [2.05, 4.69) is 19.1 Å². The van der Waals surface area contributed by atoms with Gasteiger partial charge in [0.05, 0.1) is 0 Å². The van der Waals surface area contributed by atoms with E-state index < -0.39 is 5.97 Å². The van der Waals surface area contributed by atoms with Crippen LogP contribution in [0.1, 0.15) is 31.2 Å². The highest BCUT2D eigenvalue weighted by Gasteiger charge is 2.39. The maximum Gasteiger partial charge on any atom is 0.327 e. The van der Waals surface area contributed by atoms with Crippen LogP contribution in [0.2, 0.25) is 0 Å². The van der Waals surface area contributed by atoms with Crippen LogP contribution in [0.25, 0.3) is 0 Å². The molecule has 1 aliphatic rings. The molecule has 3 rings (SSSR count). The molecule has 3 heteroatoms. The zero-order chi connectivity index (χ0) is 16.3. The molecular formula is C20H20O3. The molecule has 1 fully saturated rings. The molecule has 0 aliphatic heterocycles. The first-order valence-corrected chi connectivity index (χ1v) is 7.79. The number of carboxylic acids is 1. The van der Waals surface area contributed by atoms with Crippen LogP contribution in [-0.4, -0.2) is 11.1 Å². The van der Waals surface area contributed by atoms with Crippen LogP contribution in [0.3, 0.4) is 0 Å². The van der Waals surface area contributed by atoms with E-state index in [1.165, 1.54) is 11.6 Å². The number of ether oxygens (including phenoxy) is 1. The van der Waals surface area contributed by atoms with Crippen LogP contribution < -0.4 is 4.74 Å². The monoisotopic (exact) mass is 308 g/mol. The summed E-state index contributed by atoms with van der Waals surface area (Å²) < 4.78 is 5.88. The molecule has 1 aliphatic carbocycles. The quantitative estimate of drug-likeness (QED) is 0.790. The summed E-state index contributed by atoms with van der Waals surface area (Å²) in [5.41, 5.74) is 1.24. The van der Waals surface area contributed by atoms with Crippen LogP contribution in [0.5, 0.6) is 11.5 Å². The van der Waals surface area contributed by atoms with E-state index in [4.69, 9.17) is 9.84 Å². The van der Waals surface area contributed by atoms with Gasteiger partial charge in [-0.2, -0.15) is 0 Å². The van der Waals surface area contributed by atoms with E-state index in [0.717, 1.165) is 24.3 Å². The lowest BCUT2D eigenvalue weighted by Gasteiger charge is -2.43. The Bertz CT molecular complexity index is 713. The van der Waals surface area contributed by atoms with E-state index >= 15 is 0 Å². The van der Waals surface area contributed by atoms with E-state index in [9.17, 15) is 4.79 Å². The summed E-state index contributed by atoms with van der Waals surface area (Å²) >= 11 is 0. The number of allylic oxidation sites excluding steroid dienone is 1. The van der Waals surface area contributed by atoms with Crippen LogP contribution in [0, 0.1) is 5.41 Å². The largest absolute Gasteiger partial charge is 0.478 e. The van der Waals surface area contributed by atoms with Crippen molar-refractivity contribution in [2.45, 2.75) is 25.7 Å². The van der Waals surface area contributed by atoms with Crippen molar-refractivity contribution in [3.05, 3.63) is 72.3 Å². The molecule has 23 heavy (non-hydrogen) atoms. The molecule has 2 aromatic carbocycles. The fraction of sp³-hybridized carbons (Fsp3) is 0.250. The zero-order valence-corrected chi connectivity index (χ0v) is 13.1. The normalized spacial score (nSPS) is 23.4.